The van der Waals surface area contributed by atoms with E-state index in [2.05, 4.69) is 0 Å². The smallest absolute Gasteiger partial charge is 0.316 e. The average Bonchev–Trinajstić information content (AvgIpc) is 3.52. The monoisotopic (exact) mass is 462 g/mol. The molecule has 0 bridgehead atoms. The summed E-state index contributed by atoms with van der Waals surface area (Å²) in [5, 5.41) is 1.72. The van der Waals surface area contributed by atoms with Crippen molar-refractivity contribution in [2.75, 3.05) is 26.7 Å². The molecule has 0 radical (unpaired) electrons. The molecule has 2 aliphatic heterocycles. The number of carbonyl (C=O) groups excluding carboxylic acids is 2. The molecule has 1 amide bonds. The molecule has 3 heterocycles. The van der Waals surface area contributed by atoms with Crippen LogP contribution in [0.3, 0.4) is 0 Å². The van der Waals surface area contributed by atoms with Crippen LogP contribution in [0.5, 0.6) is 0 Å². The average molecular weight is 463 g/mol. The number of amides is 1. The van der Waals surface area contributed by atoms with E-state index in [0.29, 0.717) is 45.3 Å². The minimum Gasteiger partial charge on any atom is -0.468 e. The molecule has 166 valence electrons. The van der Waals surface area contributed by atoms with E-state index in [4.69, 9.17) is 4.74 Å². The summed E-state index contributed by atoms with van der Waals surface area (Å²) in [6.07, 6.45) is 2.06. The van der Waals surface area contributed by atoms with Crippen molar-refractivity contribution in [1.82, 2.24) is 9.21 Å². The number of carbonyl (C=O) groups is 2. The van der Waals surface area contributed by atoms with Crippen LogP contribution in [-0.4, -0.2) is 62.3 Å². The molecular formula is C22H26N2O5S2. The Kier molecular flexibility index (Phi) is 6.18. The first kappa shape index (κ1) is 22.0. The number of rotatable bonds is 5. The number of benzene rings is 1. The number of sulfonamides is 1. The van der Waals surface area contributed by atoms with Gasteiger partial charge >= 0.3 is 5.97 Å². The molecule has 0 N–H and O–H groups in total. The second-order valence-corrected chi connectivity index (χ2v) is 11.0. The van der Waals surface area contributed by atoms with Crippen molar-refractivity contribution in [2.24, 2.45) is 0 Å². The molecule has 9 heteroatoms. The van der Waals surface area contributed by atoms with Crippen LogP contribution in [0, 0.1) is 0 Å². The highest BCUT2D eigenvalue weighted by Gasteiger charge is 2.47. The van der Waals surface area contributed by atoms with Crippen molar-refractivity contribution in [3.05, 3.63) is 53.4 Å². The summed E-state index contributed by atoms with van der Waals surface area (Å²) >= 11 is 1.16. The summed E-state index contributed by atoms with van der Waals surface area (Å²) in [4.78, 5) is 27.8. The number of hydrogen-bond acceptors (Lipinski definition) is 6. The summed E-state index contributed by atoms with van der Waals surface area (Å²) in [5.74, 6) is -0.474. The lowest BCUT2D eigenvalue weighted by Gasteiger charge is -2.41. The van der Waals surface area contributed by atoms with Crippen molar-refractivity contribution in [3.8, 4) is 0 Å². The van der Waals surface area contributed by atoms with Crippen LogP contribution in [0.1, 0.15) is 31.2 Å². The fourth-order valence-corrected chi connectivity index (χ4v) is 7.45. The molecule has 0 aliphatic carbocycles. The first-order valence-electron chi connectivity index (χ1n) is 10.4. The van der Waals surface area contributed by atoms with Gasteiger partial charge in [-0.2, -0.15) is 4.31 Å². The maximum atomic E-state index is 13.3. The van der Waals surface area contributed by atoms with Crippen molar-refractivity contribution in [2.45, 2.75) is 41.3 Å². The lowest BCUT2D eigenvalue weighted by atomic mass is 9.72. The Balaban J connectivity index is 1.52. The van der Waals surface area contributed by atoms with Crippen LogP contribution in [0.25, 0.3) is 0 Å². The number of methoxy groups -OCH3 is 1. The largest absolute Gasteiger partial charge is 0.468 e. The number of nitrogens with zero attached hydrogens (tertiary/aromatic N) is 2. The predicted octanol–water partition coefficient (Wildman–Crippen LogP) is 2.63. The van der Waals surface area contributed by atoms with Crippen molar-refractivity contribution in [1.29, 1.82) is 0 Å². The van der Waals surface area contributed by atoms with Crippen LogP contribution in [-0.2, 0) is 29.8 Å². The lowest BCUT2D eigenvalue weighted by molar-refractivity contribution is -0.152. The van der Waals surface area contributed by atoms with Crippen molar-refractivity contribution in [3.63, 3.8) is 0 Å². The van der Waals surface area contributed by atoms with Gasteiger partial charge in [0.1, 0.15) is 10.3 Å². The Morgan fingerprint density at radius 2 is 1.77 bits per heavy atom. The zero-order valence-electron chi connectivity index (χ0n) is 17.4. The molecule has 1 aromatic carbocycles. The Bertz CT molecular complexity index is 1030. The number of esters is 1. The molecule has 31 heavy (non-hydrogen) atoms. The van der Waals surface area contributed by atoms with Gasteiger partial charge in [0.15, 0.2) is 0 Å². The molecule has 0 saturated carbocycles. The number of piperidine rings is 1. The van der Waals surface area contributed by atoms with Gasteiger partial charge in [-0.15, -0.1) is 11.3 Å². The summed E-state index contributed by atoms with van der Waals surface area (Å²) in [5.41, 5.74) is 0.0993. The van der Waals surface area contributed by atoms with Crippen LogP contribution in [0.15, 0.2) is 52.1 Å². The van der Waals surface area contributed by atoms with Gasteiger partial charge in [-0.1, -0.05) is 36.4 Å². The van der Waals surface area contributed by atoms with E-state index in [1.165, 1.54) is 11.4 Å². The Morgan fingerprint density at radius 1 is 1.06 bits per heavy atom. The zero-order valence-corrected chi connectivity index (χ0v) is 19.0. The maximum absolute atomic E-state index is 13.3. The molecule has 1 unspecified atom stereocenters. The standard InChI is InChI=1S/C22H26N2O5S2/c1-29-21(26)22(17-7-3-2-4-8-17)11-14-23(15-12-22)20(25)18-9-5-13-24(18)31(27,28)19-10-6-16-30-19/h2-4,6-8,10,16,18H,5,9,11-15H2,1H3. The van der Waals surface area contributed by atoms with Crippen LogP contribution in [0.4, 0.5) is 0 Å². The quantitative estimate of drug-likeness (QED) is 0.638. The minimum absolute atomic E-state index is 0.177. The second-order valence-electron chi connectivity index (χ2n) is 7.97. The highest BCUT2D eigenvalue weighted by molar-refractivity contribution is 7.91. The Morgan fingerprint density at radius 3 is 2.39 bits per heavy atom. The molecule has 4 rings (SSSR count). The van der Waals surface area contributed by atoms with Crippen LogP contribution >= 0.6 is 11.3 Å². The number of hydrogen-bond donors (Lipinski definition) is 0. The zero-order chi connectivity index (χ0) is 22.1. The van der Waals surface area contributed by atoms with Gasteiger partial charge in [-0.05, 0) is 42.7 Å². The molecule has 1 atom stereocenters. The van der Waals surface area contributed by atoms with E-state index in [9.17, 15) is 18.0 Å². The summed E-state index contributed by atoms with van der Waals surface area (Å²) in [6, 6.07) is 12.1. The molecule has 2 saturated heterocycles. The topological polar surface area (TPSA) is 84.0 Å². The fourth-order valence-electron chi connectivity index (χ4n) is 4.68. The van der Waals surface area contributed by atoms with E-state index in [-0.39, 0.29) is 16.1 Å². The first-order valence-corrected chi connectivity index (χ1v) is 12.7. The van der Waals surface area contributed by atoms with Gasteiger partial charge < -0.3 is 9.64 Å². The SMILES string of the molecule is COC(=O)C1(c2ccccc2)CCN(C(=O)C2CCCN2S(=O)(=O)c2cccs2)CC1. The van der Waals surface area contributed by atoms with Crippen LogP contribution in [0.2, 0.25) is 0 Å². The normalized spacial score (nSPS) is 21.7. The highest BCUT2D eigenvalue weighted by atomic mass is 32.2. The third kappa shape index (κ3) is 3.90. The third-order valence-corrected chi connectivity index (χ3v) is 9.66. The lowest BCUT2D eigenvalue weighted by Crippen LogP contribution is -2.54. The van der Waals surface area contributed by atoms with E-state index in [0.717, 1.165) is 16.9 Å². The molecule has 1 aromatic heterocycles. The molecule has 2 aliphatic rings. The Labute approximate surface area is 186 Å². The van der Waals surface area contributed by atoms with E-state index in [1.54, 1.807) is 22.4 Å². The van der Waals surface area contributed by atoms with Crippen molar-refractivity contribution < 1.29 is 22.7 Å². The number of likely N-dealkylation sites (tertiary alicyclic amines) is 1. The highest BCUT2D eigenvalue weighted by Crippen LogP contribution is 2.38. The molecule has 2 aromatic rings. The molecule has 0 spiro atoms. The maximum Gasteiger partial charge on any atom is 0.316 e. The second kappa shape index (κ2) is 8.72. The third-order valence-electron chi connectivity index (χ3n) is 6.38. The van der Waals surface area contributed by atoms with Gasteiger partial charge in [-0.3, -0.25) is 9.59 Å². The summed E-state index contributed by atoms with van der Waals surface area (Å²) in [7, 11) is -2.30. The van der Waals surface area contributed by atoms with Gasteiger partial charge in [0, 0.05) is 19.6 Å². The Hall–Kier alpha value is -2.23. The summed E-state index contributed by atoms with van der Waals surface area (Å²) < 4.78 is 32.8. The minimum atomic E-state index is -3.68. The molecule has 7 nitrogen and oxygen atoms in total. The molecular weight excluding hydrogens is 436 g/mol. The van der Waals surface area contributed by atoms with Gasteiger partial charge in [0.25, 0.3) is 10.0 Å². The van der Waals surface area contributed by atoms with Gasteiger partial charge in [0.2, 0.25) is 5.91 Å². The predicted molar refractivity (Wildman–Crippen MR) is 117 cm³/mol. The number of ether oxygens (including phenoxy) is 1. The molecule has 2 fully saturated rings. The summed E-state index contributed by atoms with van der Waals surface area (Å²) in [6.45, 7) is 1.11. The first-order chi connectivity index (χ1) is 14.9. The number of thiophene rings is 1. The van der Waals surface area contributed by atoms with Crippen LogP contribution < -0.4 is 0 Å². The fraction of sp³-hybridized carbons (Fsp3) is 0.455. The van der Waals surface area contributed by atoms with Gasteiger partial charge in [-0.25, -0.2) is 8.42 Å². The van der Waals surface area contributed by atoms with E-state index >= 15 is 0 Å². The van der Waals surface area contributed by atoms with E-state index < -0.39 is 21.5 Å². The van der Waals surface area contributed by atoms with Crippen molar-refractivity contribution >= 4 is 33.2 Å². The van der Waals surface area contributed by atoms with E-state index in [1.807, 2.05) is 30.3 Å². The van der Waals surface area contributed by atoms with Gasteiger partial charge in [0.05, 0.1) is 12.5 Å².